The van der Waals surface area contributed by atoms with E-state index in [0.717, 1.165) is 0 Å². The molecule has 1 N–H and O–H groups in total. The summed E-state index contributed by atoms with van der Waals surface area (Å²) in [7, 11) is 0. The van der Waals surface area contributed by atoms with Crippen molar-refractivity contribution in [1.29, 1.82) is 0 Å². The van der Waals surface area contributed by atoms with Gasteiger partial charge in [0.25, 0.3) is 5.91 Å². The monoisotopic (exact) mass is 305 g/mol. The van der Waals surface area contributed by atoms with E-state index in [-0.39, 0.29) is 5.91 Å². The molecule has 1 aromatic heterocycles. The van der Waals surface area contributed by atoms with Gasteiger partial charge in [-0.15, -0.1) is 11.3 Å². The molecule has 88 valence electrons. The molecule has 0 aliphatic heterocycles. The highest BCUT2D eigenvalue weighted by Gasteiger charge is 2.13. The van der Waals surface area contributed by atoms with Gasteiger partial charge in [-0.1, -0.05) is 40.9 Å². The lowest BCUT2D eigenvalue weighted by Gasteiger charge is -2.08. The molecule has 1 heterocycles. The van der Waals surface area contributed by atoms with E-state index in [9.17, 15) is 4.79 Å². The number of halogens is 3. The Hall–Kier alpha value is -0.740. The zero-order valence-corrected chi connectivity index (χ0v) is 11.4. The molecule has 0 bridgehead atoms. The first-order valence-corrected chi connectivity index (χ1v) is 6.58. The number of carbonyl (C=O) groups excluding carboxylic acids is 1. The molecule has 1 aromatic carbocycles. The molecular weight excluding hydrogens is 301 g/mol. The summed E-state index contributed by atoms with van der Waals surface area (Å²) in [5.41, 5.74) is 0.371. The maximum absolute atomic E-state index is 11.8. The highest BCUT2D eigenvalue weighted by atomic mass is 35.5. The van der Waals surface area contributed by atoms with Gasteiger partial charge in [-0.05, 0) is 23.6 Å². The zero-order valence-electron chi connectivity index (χ0n) is 8.34. The van der Waals surface area contributed by atoms with Crippen molar-refractivity contribution in [3.63, 3.8) is 0 Å². The molecule has 0 saturated carbocycles. The number of amides is 1. The molecule has 0 spiro atoms. The molecule has 6 heteroatoms. The Kier molecular flexibility index (Phi) is 3.94. The predicted octanol–water partition coefficient (Wildman–Crippen LogP) is 4.96. The summed E-state index contributed by atoms with van der Waals surface area (Å²) < 4.78 is 0. The van der Waals surface area contributed by atoms with Crippen LogP contribution in [-0.2, 0) is 0 Å². The molecule has 0 atom stereocenters. The van der Waals surface area contributed by atoms with Crippen molar-refractivity contribution >= 4 is 57.7 Å². The lowest BCUT2D eigenvalue weighted by atomic mass is 10.3. The van der Waals surface area contributed by atoms with Crippen molar-refractivity contribution in [2.24, 2.45) is 0 Å². The molecule has 2 nitrogen and oxygen atoms in total. The fourth-order valence-corrected chi connectivity index (χ4v) is 2.77. The third kappa shape index (κ3) is 2.93. The van der Waals surface area contributed by atoms with E-state index >= 15 is 0 Å². The van der Waals surface area contributed by atoms with Crippen molar-refractivity contribution in [2.75, 3.05) is 5.32 Å². The normalized spacial score (nSPS) is 10.3. The van der Waals surface area contributed by atoms with Gasteiger partial charge in [-0.2, -0.15) is 0 Å². The lowest BCUT2D eigenvalue weighted by Crippen LogP contribution is -2.10. The Balaban J connectivity index is 2.28. The number of anilines is 1. The van der Waals surface area contributed by atoms with Crippen LogP contribution in [0.2, 0.25) is 15.1 Å². The number of carbonyl (C=O) groups is 1. The van der Waals surface area contributed by atoms with E-state index in [4.69, 9.17) is 34.8 Å². The topological polar surface area (TPSA) is 29.1 Å². The third-order valence-corrected chi connectivity index (χ3v) is 3.67. The van der Waals surface area contributed by atoms with Crippen molar-refractivity contribution in [3.8, 4) is 0 Å². The van der Waals surface area contributed by atoms with Crippen LogP contribution in [0, 0.1) is 0 Å². The van der Waals surface area contributed by atoms with Crippen LogP contribution >= 0.6 is 46.1 Å². The summed E-state index contributed by atoms with van der Waals surface area (Å²) in [5, 5.41) is 5.53. The van der Waals surface area contributed by atoms with Crippen molar-refractivity contribution < 1.29 is 4.79 Å². The average molecular weight is 307 g/mol. The minimum absolute atomic E-state index is 0.244. The second-order valence-corrected chi connectivity index (χ2v) is 5.37. The van der Waals surface area contributed by atoms with E-state index in [1.54, 1.807) is 12.1 Å². The van der Waals surface area contributed by atoms with Crippen molar-refractivity contribution in [1.82, 2.24) is 0 Å². The molecule has 0 unspecified atom stereocenters. The van der Waals surface area contributed by atoms with Crippen molar-refractivity contribution in [2.45, 2.75) is 0 Å². The first kappa shape index (κ1) is 12.7. The molecule has 0 radical (unpaired) electrons. The summed E-state index contributed by atoms with van der Waals surface area (Å²) >= 11 is 19.0. The standard InChI is InChI=1S/C11H6Cl3NOS/c12-6-4-7(13)10(8(14)5-6)15-11(16)9-2-1-3-17-9/h1-5H,(H,15,16). The molecule has 0 aliphatic carbocycles. The third-order valence-electron chi connectivity index (χ3n) is 1.99. The van der Waals surface area contributed by atoms with E-state index < -0.39 is 0 Å². The largest absolute Gasteiger partial charge is 0.319 e. The smallest absolute Gasteiger partial charge is 0.265 e. The molecule has 0 fully saturated rings. The van der Waals surface area contributed by atoms with Crippen LogP contribution < -0.4 is 5.32 Å². The second kappa shape index (κ2) is 5.27. The first-order chi connectivity index (χ1) is 8.08. The molecular formula is C11H6Cl3NOS. The fourth-order valence-electron chi connectivity index (χ4n) is 1.24. The number of hydrogen-bond acceptors (Lipinski definition) is 2. The Morgan fingerprint density at radius 3 is 2.35 bits per heavy atom. The van der Waals surface area contributed by atoms with E-state index in [1.807, 2.05) is 5.38 Å². The molecule has 0 aliphatic rings. The Bertz CT molecular complexity index is 531. The molecule has 2 rings (SSSR count). The SMILES string of the molecule is O=C(Nc1c(Cl)cc(Cl)cc1Cl)c1cccs1. The molecule has 1 amide bonds. The number of benzene rings is 1. The van der Waals surface area contributed by atoms with Gasteiger partial charge < -0.3 is 5.32 Å². The Morgan fingerprint density at radius 1 is 1.18 bits per heavy atom. The summed E-state index contributed by atoms with van der Waals surface area (Å²) in [6.07, 6.45) is 0. The predicted molar refractivity (Wildman–Crippen MR) is 73.7 cm³/mol. The van der Waals surface area contributed by atoms with Gasteiger partial charge in [0.2, 0.25) is 0 Å². The quantitative estimate of drug-likeness (QED) is 0.834. The van der Waals surface area contributed by atoms with Gasteiger partial charge in [-0.3, -0.25) is 4.79 Å². The van der Waals surface area contributed by atoms with E-state index in [2.05, 4.69) is 5.32 Å². The van der Waals surface area contributed by atoms with Gasteiger partial charge in [0.15, 0.2) is 0 Å². The minimum atomic E-state index is -0.244. The van der Waals surface area contributed by atoms with Gasteiger partial charge in [0.05, 0.1) is 20.6 Å². The second-order valence-electron chi connectivity index (χ2n) is 3.18. The maximum Gasteiger partial charge on any atom is 0.265 e. The zero-order chi connectivity index (χ0) is 12.4. The first-order valence-electron chi connectivity index (χ1n) is 4.57. The molecule has 0 saturated heterocycles. The van der Waals surface area contributed by atoms with Crippen LogP contribution in [0.15, 0.2) is 29.6 Å². The Labute approximate surface area is 117 Å². The Morgan fingerprint density at radius 2 is 1.82 bits per heavy atom. The molecule has 17 heavy (non-hydrogen) atoms. The maximum atomic E-state index is 11.8. The number of hydrogen-bond donors (Lipinski definition) is 1. The van der Waals surface area contributed by atoms with Gasteiger partial charge in [0.1, 0.15) is 0 Å². The van der Waals surface area contributed by atoms with Crippen LogP contribution in [0.3, 0.4) is 0 Å². The van der Waals surface area contributed by atoms with Crippen LogP contribution in [0.1, 0.15) is 9.67 Å². The summed E-state index contributed by atoms with van der Waals surface area (Å²) in [6.45, 7) is 0. The number of thiophene rings is 1. The van der Waals surface area contributed by atoms with E-state index in [1.165, 1.54) is 23.5 Å². The number of nitrogens with one attached hydrogen (secondary N) is 1. The lowest BCUT2D eigenvalue weighted by molar-refractivity contribution is 0.103. The number of rotatable bonds is 2. The van der Waals surface area contributed by atoms with Crippen LogP contribution in [0.5, 0.6) is 0 Å². The van der Waals surface area contributed by atoms with Crippen LogP contribution in [-0.4, -0.2) is 5.91 Å². The van der Waals surface area contributed by atoms with Crippen LogP contribution in [0.4, 0.5) is 5.69 Å². The van der Waals surface area contributed by atoms with Gasteiger partial charge in [0, 0.05) is 5.02 Å². The molecule has 2 aromatic rings. The minimum Gasteiger partial charge on any atom is -0.319 e. The summed E-state index contributed by atoms with van der Waals surface area (Å²) in [5.74, 6) is -0.244. The average Bonchev–Trinajstić information content (AvgIpc) is 2.76. The van der Waals surface area contributed by atoms with E-state index in [0.29, 0.717) is 25.6 Å². The van der Waals surface area contributed by atoms with Crippen LogP contribution in [0.25, 0.3) is 0 Å². The highest BCUT2D eigenvalue weighted by Crippen LogP contribution is 2.34. The van der Waals surface area contributed by atoms with Gasteiger partial charge in [-0.25, -0.2) is 0 Å². The highest BCUT2D eigenvalue weighted by molar-refractivity contribution is 7.12. The fraction of sp³-hybridized carbons (Fsp3) is 0. The van der Waals surface area contributed by atoms with Crippen molar-refractivity contribution in [3.05, 3.63) is 49.6 Å². The summed E-state index contributed by atoms with van der Waals surface area (Å²) in [4.78, 5) is 12.4. The van der Waals surface area contributed by atoms with Gasteiger partial charge >= 0.3 is 0 Å². The summed E-state index contributed by atoms with van der Waals surface area (Å²) in [6, 6.07) is 6.57.